The lowest BCUT2D eigenvalue weighted by molar-refractivity contribution is -0.132. The highest BCUT2D eigenvalue weighted by Crippen LogP contribution is 2.28. The molecule has 1 aromatic carbocycles. The van der Waals surface area contributed by atoms with E-state index in [4.69, 9.17) is 10.5 Å². The first-order valence-electron chi connectivity index (χ1n) is 6.39. The molecule has 1 fully saturated rings. The average Bonchev–Trinajstić information content (AvgIpc) is 2.81. The summed E-state index contributed by atoms with van der Waals surface area (Å²) in [7, 11) is 0. The quantitative estimate of drug-likeness (QED) is 0.896. The molecular formula is C14H19FN2O2. The topological polar surface area (TPSA) is 55.6 Å². The number of carbonyl (C=O) groups excluding carboxylic acids is 1. The average molecular weight is 266 g/mol. The van der Waals surface area contributed by atoms with Crippen LogP contribution in [0.15, 0.2) is 24.3 Å². The van der Waals surface area contributed by atoms with E-state index in [1.54, 1.807) is 17.0 Å². The monoisotopic (exact) mass is 266 g/mol. The molecule has 19 heavy (non-hydrogen) atoms. The van der Waals surface area contributed by atoms with E-state index < -0.39 is 5.82 Å². The summed E-state index contributed by atoms with van der Waals surface area (Å²) in [6.45, 7) is 3.82. The van der Waals surface area contributed by atoms with Gasteiger partial charge in [0.25, 0.3) is 5.91 Å². The number of nitrogens with zero attached hydrogens (tertiary/aromatic N) is 1. The van der Waals surface area contributed by atoms with Crippen molar-refractivity contribution in [3.8, 4) is 5.75 Å². The van der Waals surface area contributed by atoms with Crippen molar-refractivity contribution in [2.75, 3.05) is 26.2 Å². The third-order valence-corrected chi connectivity index (χ3v) is 3.59. The lowest BCUT2D eigenvalue weighted by atomic mass is 9.90. The summed E-state index contributed by atoms with van der Waals surface area (Å²) in [5.41, 5.74) is 5.69. The summed E-state index contributed by atoms with van der Waals surface area (Å²) in [6.07, 6.45) is 0.898. The van der Waals surface area contributed by atoms with Gasteiger partial charge in [-0.25, -0.2) is 4.39 Å². The van der Waals surface area contributed by atoms with Gasteiger partial charge in [0.15, 0.2) is 18.2 Å². The molecule has 0 radical (unpaired) electrons. The number of likely N-dealkylation sites (tertiary alicyclic amines) is 1. The summed E-state index contributed by atoms with van der Waals surface area (Å²) >= 11 is 0. The molecule has 0 bridgehead atoms. The van der Waals surface area contributed by atoms with E-state index in [0.29, 0.717) is 19.6 Å². The van der Waals surface area contributed by atoms with E-state index in [-0.39, 0.29) is 23.7 Å². The van der Waals surface area contributed by atoms with Crippen LogP contribution in [0.1, 0.15) is 13.3 Å². The zero-order valence-electron chi connectivity index (χ0n) is 11.1. The number of para-hydroxylation sites is 1. The van der Waals surface area contributed by atoms with Crippen molar-refractivity contribution in [2.45, 2.75) is 13.3 Å². The van der Waals surface area contributed by atoms with Crippen LogP contribution >= 0.6 is 0 Å². The molecule has 1 atom stereocenters. The van der Waals surface area contributed by atoms with Gasteiger partial charge in [0.1, 0.15) is 0 Å². The summed E-state index contributed by atoms with van der Waals surface area (Å²) in [5.74, 6) is -0.472. The standard InChI is InChI=1S/C14H19FN2O2/c1-14(9-16)6-7-17(10-14)13(18)8-19-12-5-3-2-4-11(12)15/h2-5H,6-10,16H2,1H3. The van der Waals surface area contributed by atoms with Gasteiger partial charge in [-0.05, 0) is 30.5 Å². The van der Waals surface area contributed by atoms with Gasteiger partial charge >= 0.3 is 0 Å². The predicted octanol–water partition coefficient (Wildman–Crippen LogP) is 1.40. The second-order valence-electron chi connectivity index (χ2n) is 5.30. The Bertz CT molecular complexity index is 467. The minimum Gasteiger partial charge on any atom is -0.481 e. The molecule has 1 aromatic rings. The number of benzene rings is 1. The maximum atomic E-state index is 13.3. The molecule has 0 aliphatic carbocycles. The van der Waals surface area contributed by atoms with Crippen LogP contribution in [0.2, 0.25) is 0 Å². The largest absolute Gasteiger partial charge is 0.481 e. The van der Waals surface area contributed by atoms with Crippen molar-refractivity contribution in [1.29, 1.82) is 0 Å². The molecular weight excluding hydrogens is 247 g/mol. The number of rotatable bonds is 4. The highest BCUT2D eigenvalue weighted by molar-refractivity contribution is 5.78. The first-order valence-corrected chi connectivity index (χ1v) is 6.39. The zero-order valence-corrected chi connectivity index (χ0v) is 11.1. The molecule has 1 unspecified atom stereocenters. The summed E-state index contributed by atoms with van der Waals surface area (Å²) in [4.78, 5) is 13.7. The molecule has 1 amide bonds. The van der Waals surface area contributed by atoms with Crippen molar-refractivity contribution >= 4 is 5.91 Å². The van der Waals surface area contributed by atoms with Crippen LogP contribution in [0.3, 0.4) is 0 Å². The maximum absolute atomic E-state index is 13.3. The highest BCUT2D eigenvalue weighted by Gasteiger charge is 2.34. The van der Waals surface area contributed by atoms with Gasteiger partial charge in [-0.2, -0.15) is 0 Å². The highest BCUT2D eigenvalue weighted by atomic mass is 19.1. The second kappa shape index (κ2) is 5.57. The lowest BCUT2D eigenvalue weighted by Crippen LogP contribution is -2.36. The molecule has 104 valence electrons. The van der Waals surface area contributed by atoms with E-state index in [1.807, 2.05) is 0 Å². The Morgan fingerprint density at radius 1 is 1.53 bits per heavy atom. The van der Waals surface area contributed by atoms with Gasteiger partial charge in [-0.1, -0.05) is 19.1 Å². The fourth-order valence-corrected chi connectivity index (χ4v) is 2.20. The Hall–Kier alpha value is -1.62. The van der Waals surface area contributed by atoms with Crippen LogP contribution in [0.4, 0.5) is 4.39 Å². The minimum atomic E-state index is -0.455. The van der Waals surface area contributed by atoms with Gasteiger partial charge in [-0.3, -0.25) is 4.79 Å². The molecule has 0 aromatic heterocycles. The molecule has 4 nitrogen and oxygen atoms in total. The van der Waals surface area contributed by atoms with E-state index in [9.17, 15) is 9.18 Å². The van der Waals surface area contributed by atoms with Crippen molar-refractivity contribution in [1.82, 2.24) is 4.90 Å². The van der Waals surface area contributed by atoms with Crippen LogP contribution in [0.25, 0.3) is 0 Å². The van der Waals surface area contributed by atoms with Gasteiger partial charge < -0.3 is 15.4 Å². The molecule has 1 heterocycles. The second-order valence-corrected chi connectivity index (χ2v) is 5.30. The lowest BCUT2D eigenvalue weighted by Gasteiger charge is -2.22. The summed E-state index contributed by atoms with van der Waals surface area (Å²) < 4.78 is 18.5. The predicted molar refractivity (Wildman–Crippen MR) is 70.3 cm³/mol. The summed E-state index contributed by atoms with van der Waals surface area (Å²) in [6, 6.07) is 6.07. The normalized spacial score (nSPS) is 22.6. The third-order valence-electron chi connectivity index (χ3n) is 3.59. The van der Waals surface area contributed by atoms with Crippen molar-refractivity contribution in [3.05, 3.63) is 30.1 Å². The molecule has 1 aliphatic heterocycles. The van der Waals surface area contributed by atoms with E-state index in [0.717, 1.165) is 6.42 Å². The Kier molecular flexibility index (Phi) is 4.04. The first kappa shape index (κ1) is 13.8. The molecule has 0 saturated carbocycles. The number of ether oxygens (including phenoxy) is 1. The molecule has 1 saturated heterocycles. The number of carbonyl (C=O) groups is 1. The molecule has 2 N–H and O–H groups in total. The van der Waals surface area contributed by atoms with Crippen LogP contribution < -0.4 is 10.5 Å². The molecule has 5 heteroatoms. The fourth-order valence-electron chi connectivity index (χ4n) is 2.20. The van der Waals surface area contributed by atoms with Gasteiger partial charge in [0.05, 0.1) is 0 Å². The third kappa shape index (κ3) is 3.23. The van der Waals surface area contributed by atoms with E-state index >= 15 is 0 Å². The van der Waals surface area contributed by atoms with Gasteiger partial charge in [0, 0.05) is 13.1 Å². The SMILES string of the molecule is CC1(CN)CCN(C(=O)COc2ccccc2F)C1. The van der Waals surface area contributed by atoms with Gasteiger partial charge in [0.2, 0.25) is 0 Å². The smallest absolute Gasteiger partial charge is 0.260 e. The van der Waals surface area contributed by atoms with E-state index in [1.165, 1.54) is 12.1 Å². The maximum Gasteiger partial charge on any atom is 0.260 e. The number of amides is 1. The van der Waals surface area contributed by atoms with Crippen LogP contribution in [-0.2, 0) is 4.79 Å². The molecule has 2 rings (SSSR count). The number of hydrogen-bond donors (Lipinski definition) is 1. The Morgan fingerprint density at radius 3 is 2.89 bits per heavy atom. The number of halogens is 1. The minimum absolute atomic E-state index is 0.00629. The Balaban J connectivity index is 1.88. The van der Waals surface area contributed by atoms with Crippen LogP contribution in [0, 0.1) is 11.2 Å². The van der Waals surface area contributed by atoms with Gasteiger partial charge in [-0.15, -0.1) is 0 Å². The van der Waals surface area contributed by atoms with E-state index in [2.05, 4.69) is 6.92 Å². The number of nitrogens with two attached hydrogens (primary N) is 1. The van der Waals surface area contributed by atoms with Crippen molar-refractivity contribution in [3.63, 3.8) is 0 Å². The molecule has 1 aliphatic rings. The first-order chi connectivity index (χ1) is 9.04. The fraction of sp³-hybridized carbons (Fsp3) is 0.500. The zero-order chi connectivity index (χ0) is 13.9. The number of hydrogen-bond acceptors (Lipinski definition) is 3. The Morgan fingerprint density at radius 2 is 2.26 bits per heavy atom. The van der Waals surface area contributed by atoms with Crippen molar-refractivity contribution in [2.24, 2.45) is 11.1 Å². The van der Waals surface area contributed by atoms with Crippen LogP contribution in [0.5, 0.6) is 5.75 Å². The summed E-state index contributed by atoms with van der Waals surface area (Å²) in [5, 5.41) is 0. The Labute approximate surface area is 112 Å². The van der Waals surface area contributed by atoms with Crippen molar-refractivity contribution < 1.29 is 13.9 Å². The van der Waals surface area contributed by atoms with Crippen LogP contribution in [-0.4, -0.2) is 37.0 Å². The molecule has 0 spiro atoms.